The second-order valence-electron chi connectivity index (χ2n) is 4.50. The Balaban J connectivity index is 3.07. The Labute approximate surface area is 115 Å². The highest BCUT2D eigenvalue weighted by molar-refractivity contribution is 9.10. The highest BCUT2D eigenvalue weighted by Gasteiger charge is 2.27. The second-order valence-corrected chi connectivity index (χ2v) is 7.00. The molecule has 7 heteroatoms. The first-order chi connectivity index (χ1) is 8.18. The maximum absolute atomic E-state index is 12.9. The summed E-state index contributed by atoms with van der Waals surface area (Å²) in [5.74, 6) is -0.503. The van der Waals surface area contributed by atoms with Crippen LogP contribution in [-0.4, -0.2) is 27.7 Å². The van der Waals surface area contributed by atoms with Crippen molar-refractivity contribution < 1.29 is 17.5 Å². The summed E-state index contributed by atoms with van der Waals surface area (Å²) in [6.45, 7) is 3.63. The van der Waals surface area contributed by atoms with Crippen molar-refractivity contribution >= 4 is 26.0 Å². The van der Waals surface area contributed by atoms with E-state index in [1.54, 1.807) is 13.8 Å². The van der Waals surface area contributed by atoms with Gasteiger partial charge in [-0.1, -0.05) is 0 Å². The molecule has 4 nitrogen and oxygen atoms in total. The molecule has 0 aromatic heterocycles. The Bertz CT molecular complexity index is 531. The molecule has 0 atom stereocenters. The molecule has 0 spiro atoms. The number of halogens is 2. The summed E-state index contributed by atoms with van der Waals surface area (Å²) in [4.78, 5) is -0.00641. The van der Waals surface area contributed by atoms with Crippen LogP contribution in [0.15, 0.2) is 27.6 Å². The molecule has 1 N–H and O–H groups in total. The number of ether oxygens (including phenoxy) is 1. The monoisotopic (exact) mass is 339 g/mol. The van der Waals surface area contributed by atoms with Gasteiger partial charge in [-0.05, 0) is 48.0 Å². The first kappa shape index (κ1) is 15.6. The van der Waals surface area contributed by atoms with Crippen LogP contribution < -0.4 is 4.72 Å². The molecule has 1 aromatic rings. The van der Waals surface area contributed by atoms with E-state index in [0.29, 0.717) is 0 Å². The fourth-order valence-corrected chi connectivity index (χ4v) is 3.95. The van der Waals surface area contributed by atoms with Crippen LogP contribution in [0.1, 0.15) is 13.8 Å². The van der Waals surface area contributed by atoms with E-state index in [2.05, 4.69) is 20.7 Å². The van der Waals surface area contributed by atoms with Crippen molar-refractivity contribution in [1.29, 1.82) is 0 Å². The van der Waals surface area contributed by atoms with Crippen LogP contribution in [0, 0.1) is 5.82 Å². The van der Waals surface area contributed by atoms with Gasteiger partial charge in [0.15, 0.2) is 0 Å². The van der Waals surface area contributed by atoms with Crippen LogP contribution >= 0.6 is 15.9 Å². The topological polar surface area (TPSA) is 55.4 Å². The lowest BCUT2D eigenvalue weighted by molar-refractivity contribution is 0.141. The summed E-state index contributed by atoms with van der Waals surface area (Å²) in [5, 5.41) is 0. The van der Waals surface area contributed by atoms with E-state index in [0.717, 1.165) is 12.1 Å². The molecule has 1 rings (SSSR count). The fraction of sp³-hybridized carbons (Fsp3) is 0.455. The van der Waals surface area contributed by atoms with Crippen molar-refractivity contribution in [2.45, 2.75) is 24.3 Å². The quantitative estimate of drug-likeness (QED) is 0.895. The van der Waals surface area contributed by atoms with Gasteiger partial charge in [-0.3, -0.25) is 0 Å². The molecule has 0 unspecified atom stereocenters. The van der Waals surface area contributed by atoms with Gasteiger partial charge in [-0.25, -0.2) is 17.5 Å². The molecule has 0 amide bonds. The van der Waals surface area contributed by atoms with Crippen molar-refractivity contribution in [2.75, 3.05) is 13.7 Å². The highest BCUT2D eigenvalue weighted by atomic mass is 79.9. The standard InChI is InChI=1S/C11H15BrFNO3S/c1-11(2,7-17-3)14-18(15,16)10-5-4-8(13)6-9(10)12/h4-6,14H,7H2,1-3H3. The molecular weight excluding hydrogens is 325 g/mol. The molecule has 18 heavy (non-hydrogen) atoms. The number of rotatable bonds is 5. The third-order valence-corrected chi connectivity index (χ3v) is 4.77. The van der Waals surface area contributed by atoms with Crippen molar-refractivity contribution in [3.05, 3.63) is 28.5 Å². The summed E-state index contributed by atoms with van der Waals surface area (Å²) in [5.41, 5.74) is -0.749. The van der Waals surface area contributed by atoms with Crippen molar-refractivity contribution in [3.63, 3.8) is 0 Å². The average Bonchev–Trinajstić information content (AvgIpc) is 2.14. The van der Waals surface area contributed by atoms with Crippen LogP contribution in [0.3, 0.4) is 0 Å². The van der Waals surface area contributed by atoms with Gasteiger partial charge in [0, 0.05) is 11.6 Å². The van der Waals surface area contributed by atoms with Crippen molar-refractivity contribution in [2.24, 2.45) is 0 Å². The fourth-order valence-electron chi connectivity index (χ4n) is 1.50. The predicted molar refractivity (Wildman–Crippen MR) is 70.4 cm³/mol. The molecule has 0 saturated heterocycles. The van der Waals surface area contributed by atoms with Crippen LogP contribution in [-0.2, 0) is 14.8 Å². The molecule has 0 saturated carbocycles. The van der Waals surface area contributed by atoms with Gasteiger partial charge in [0.2, 0.25) is 10.0 Å². The van der Waals surface area contributed by atoms with Crippen molar-refractivity contribution in [3.8, 4) is 0 Å². The van der Waals surface area contributed by atoms with E-state index in [1.807, 2.05) is 0 Å². The Kier molecular flexibility index (Phi) is 4.88. The number of sulfonamides is 1. The highest BCUT2D eigenvalue weighted by Crippen LogP contribution is 2.23. The third-order valence-electron chi connectivity index (χ3n) is 2.10. The smallest absolute Gasteiger partial charge is 0.242 e. The first-order valence-electron chi connectivity index (χ1n) is 5.16. The Hall–Kier alpha value is -0.500. The minimum absolute atomic E-state index is 0.00641. The van der Waals surface area contributed by atoms with Crippen LogP contribution in [0.25, 0.3) is 0 Å². The summed E-state index contributed by atoms with van der Waals surface area (Å²) in [6.07, 6.45) is 0. The van der Waals surface area contributed by atoms with Crippen LogP contribution in [0.2, 0.25) is 0 Å². The van der Waals surface area contributed by atoms with E-state index >= 15 is 0 Å². The Morgan fingerprint density at radius 2 is 2.06 bits per heavy atom. The lowest BCUT2D eigenvalue weighted by Gasteiger charge is -2.25. The number of nitrogens with one attached hydrogen (secondary N) is 1. The summed E-state index contributed by atoms with van der Waals surface area (Å²) >= 11 is 3.04. The van der Waals surface area contributed by atoms with Gasteiger partial charge < -0.3 is 4.74 Å². The molecule has 0 aliphatic rings. The zero-order chi connectivity index (χ0) is 14.0. The van der Waals surface area contributed by atoms with E-state index in [4.69, 9.17) is 4.74 Å². The Morgan fingerprint density at radius 3 is 2.56 bits per heavy atom. The maximum Gasteiger partial charge on any atom is 0.242 e. The summed E-state index contributed by atoms with van der Waals surface area (Å²) in [7, 11) is -2.24. The molecule has 0 bridgehead atoms. The predicted octanol–water partition coefficient (Wildman–Crippen LogP) is 2.29. The molecule has 0 fully saturated rings. The minimum atomic E-state index is -3.73. The molecule has 102 valence electrons. The van der Waals surface area contributed by atoms with Crippen molar-refractivity contribution in [1.82, 2.24) is 4.72 Å². The van der Waals surface area contributed by atoms with Gasteiger partial charge in [0.05, 0.1) is 17.0 Å². The average molecular weight is 340 g/mol. The number of benzene rings is 1. The maximum atomic E-state index is 12.9. The lowest BCUT2D eigenvalue weighted by atomic mass is 10.1. The number of methoxy groups -OCH3 is 1. The van der Waals surface area contributed by atoms with E-state index in [1.165, 1.54) is 13.2 Å². The van der Waals surface area contributed by atoms with Gasteiger partial charge in [-0.15, -0.1) is 0 Å². The van der Waals surface area contributed by atoms with Crippen LogP contribution in [0.5, 0.6) is 0 Å². The van der Waals surface area contributed by atoms with E-state index in [-0.39, 0.29) is 16.0 Å². The lowest BCUT2D eigenvalue weighted by Crippen LogP contribution is -2.46. The van der Waals surface area contributed by atoms with E-state index < -0.39 is 21.4 Å². The van der Waals surface area contributed by atoms with Gasteiger partial charge in [0.25, 0.3) is 0 Å². The van der Waals surface area contributed by atoms with Gasteiger partial charge >= 0.3 is 0 Å². The minimum Gasteiger partial charge on any atom is -0.383 e. The third kappa shape index (κ3) is 4.01. The molecule has 0 aliphatic heterocycles. The number of hydrogen-bond acceptors (Lipinski definition) is 3. The zero-order valence-corrected chi connectivity index (χ0v) is 12.7. The molecule has 0 heterocycles. The largest absolute Gasteiger partial charge is 0.383 e. The zero-order valence-electron chi connectivity index (χ0n) is 10.3. The first-order valence-corrected chi connectivity index (χ1v) is 7.43. The molecule has 0 radical (unpaired) electrons. The van der Waals surface area contributed by atoms with E-state index in [9.17, 15) is 12.8 Å². The molecule has 0 aliphatic carbocycles. The SMILES string of the molecule is COCC(C)(C)NS(=O)(=O)c1ccc(F)cc1Br. The Morgan fingerprint density at radius 1 is 1.44 bits per heavy atom. The summed E-state index contributed by atoms with van der Waals surface area (Å²) in [6, 6.07) is 3.42. The summed E-state index contributed by atoms with van der Waals surface area (Å²) < 4.78 is 44.8. The van der Waals surface area contributed by atoms with Gasteiger partial charge in [-0.2, -0.15) is 0 Å². The van der Waals surface area contributed by atoms with Gasteiger partial charge in [0.1, 0.15) is 5.82 Å². The number of hydrogen-bond donors (Lipinski definition) is 1. The normalized spacial score (nSPS) is 12.7. The van der Waals surface area contributed by atoms with Crippen LogP contribution in [0.4, 0.5) is 4.39 Å². The molecule has 1 aromatic carbocycles. The second kappa shape index (κ2) is 5.64. The molecular formula is C11H15BrFNO3S.